The highest BCUT2D eigenvalue weighted by molar-refractivity contribution is 7.80. The standard InChI is InChI=1S/C10H16N4OS/c1-3-10(4-2,7(11)16)8(15)14-9-12-5-6-13-9/h5-6H,3-4H2,1-2H3,(H2,11,16)(H2,12,13,14,15). The second kappa shape index (κ2) is 5.07. The molecule has 0 aliphatic heterocycles. The lowest BCUT2D eigenvalue weighted by Crippen LogP contribution is -2.45. The number of amides is 1. The van der Waals surface area contributed by atoms with Gasteiger partial charge in [-0.3, -0.25) is 10.1 Å². The lowest BCUT2D eigenvalue weighted by molar-refractivity contribution is -0.122. The highest BCUT2D eigenvalue weighted by Crippen LogP contribution is 2.28. The maximum absolute atomic E-state index is 12.1. The SMILES string of the molecule is CCC(CC)(C(=O)Nc1ncc[nH]1)C(N)=S. The number of imidazole rings is 1. The molecule has 16 heavy (non-hydrogen) atoms. The summed E-state index contributed by atoms with van der Waals surface area (Å²) in [5.41, 5.74) is 4.87. The second-order valence-corrected chi connectivity index (χ2v) is 3.99. The van der Waals surface area contributed by atoms with Crippen molar-refractivity contribution in [1.82, 2.24) is 9.97 Å². The number of anilines is 1. The van der Waals surface area contributed by atoms with Crippen LogP contribution in [-0.2, 0) is 4.79 Å². The van der Waals surface area contributed by atoms with Gasteiger partial charge in [0.05, 0.1) is 10.4 Å². The molecule has 1 heterocycles. The molecular weight excluding hydrogens is 224 g/mol. The van der Waals surface area contributed by atoms with Crippen LogP contribution in [0.1, 0.15) is 26.7 Å². The number of aromatic amines is 1. The molecule has 0 bridgehead atoms. The average Bonchev–Trinajstić information content (AvgIpc) is 2.72. The lowest BCUT2D eigenvalue weighted by atomic mass is 9.81. The lowest BCUT2D eigenvalue weighted by Gasteiger charge is -2.28. The number of hydrogen-bond acceptors (Lipinski definition) is 3. The number of nitrogens with one attached hydrogen (secondary N) is 2. The number of thiocarbonyl (C=S) groups is 1. The van der Waals surface area contributed by atoms with E-state index in [0.717, 1.165) is 0 Å². The van der Waals surface area contributed by atoms with Crippen molar-refractivity contribution in [3.05, 3.63) is 12.4 Å². The van der Waals surface area contributed by atoms with Gasteiger partial charge in [0.25, 0.3) is 0 Å². The molecule has 0 spiro atoms. The number of rotatable bonds is 5. The fraction of sp³-hybridized carbons (Fsp3) is 0.500. The molecule has 0 fully saturated rings. The van der Waals surface area contributed by atoms with Crippen molar-refractivity contribution < 1.29 is 4.79 Å². The van der Waals surface area contributed by atoms with E-state index in [0.29, 0.717) is 18.8 Å². The van der Waals surface area contributed by atoms with Gasteiger partial charge in [-0.2, -0.15) is 0 Å². The van der Waals surface area contributed by atoms with Crippen LogP contribution in [0.4, 0.5) is 5.95 Å². The molecule has 5 nitrogen and oxygen atoms in total. The number of nitrogens with two attached hydrogens (primary N) is 1. The molecule has 1 rings (SSSR count). The topological polar surface area (TPSA) is 83.8 Å². The first kappa shape index (κ1) is 12.6. The van der Waals surface area contributed by atoms with E-state index in [1.165, 1.54) is 0 Å². The van der Waals surface area contributed by atoms with E-state index in [-0.39, 0.29) is 10.9 Å². The summed E-state index contributed by atoms with van der Waals surface area (Å²) in [5.74, 6) is 0.201. The van der Waals surface area contributed by atoms with Gasteiger partial charge in [0.1, 0.15) is 0 Å². The first-order valence-corrected chi connectivity index (χ1v) is 5.58. The van der Waals surface area contributed by atoms with Crippen LogP contribution in [0.2, 0.25) is 0 Å². The van der Waals surface area contributed by atoms with Gasteiger partial charge in [-0.1, -0.05) is 26.1 Å². The van der Waals surface area contributed by atoms with Gasteiger partial charge in [-0.25, -0.2) is 4.98 Å². The van der Waals surface area contributed by atoms with E-state index in [1.807, 2.05) is 13.8 Å². The zero-order chi connectivity index (χ0) is 12.2. The molecule has 0 unspecified atom stereocenters. The summed E-state index contributed by atoms with van der Waals surface area (Å²) in [5, 5.41) is 2.67. The van der Waals surface area contributed by atoms with Gasteiger partial charge in [0, 0.05) is 12.4 Å². The van der Waals surface area contributed by atoms with E-state index >= 15 is 0 Å². The Morgan fingerprint density at radius 2 is 2.25 bits per heavy atom. The normalized spacial score (nSPS) is 11.1. The quantitative estimate of drug-likeness (QED) is 0.680. The number of carbonyl (C=O) groups excluding carboxylic acids is 1. The van der Waals surface area contributed by atoms with Crippen LogP contribution >= 0.6 is 12.2 Å². The van der Waals surface area contributed by atoms with Crippen molar-refractivity contribution in [2.45, 2.75) is 26.7 Å². The van der Waals surface area contributed by atoms with Crippen LogP contribution < -0.4 is 11.1 Å². The number of nitrogens with zero attached hydrogens (tertiary/aromatic N) is 1. The first-order valence-electron chi connectivity index (χ1n) is 5.17. The van der Waals surface area contributed by atoms with Crippen LogP contribution in [0.5, 0.6) is 0 Å². The summed E-state index contributed by atoms with van der Waals surface area (Å²) in [6, 6.07) is 0. The Hall–Kier alpha value is -1.43. The van der Waals surface area contributed by atoms with E-state index in [2.05, 4.69) is 15.3 Å². The van der Waals surface area contributed by atoms with Crippen molar-refractivity contribution in [2.75, 3.05) is 5.32 Å². The molecule has 0 saturated carbocycles. The van der Waals surface area contributed by atoms with Crippen LogP contribution in [0.15, 0.2) is 12.4 Å². The molecule has 0 aromatic carbocycles. The van der Waals surface area contributed by atoms with Crippen LogP contribution in [0.3, 0.4) is 0 Å². The number of H-pyrrole nitrogens is 1. The van der Waals surface area contributed by atoms with Crippen molar-refractivity contribution in [1.29, 1.82) is 0 Å². The maximum Gasteiger partial charge on any atom is 0.239 e. The molecule has 4 N–H and O–H groups in total. The highest BCUT2D eigenvalue weighted by atomic mass is 32.1. The Morgan fingerprint density at radius 1 is 1.62 bits per heavy atom. The first-order chi connectivity index (χ1) is 7.56. The van der Waals surface area contributed by atoms with Crippen molar-refractivity contribution in [3.8, 4) is 0 Å². The molecule has 0 radical (unpaired) electrons. The molecule has 0 saturated heterocycles. The van der Waals surface area contributed by atoms with Crippen molar-refractivity contribution >= 4 is 29.1 Å². The Kier molecular flexibility index (Phi) is 4.00. The third-order valence-electron chi connectivity index (χ3n) is 2.84. The number of hydrogen-bond donors (Lipinski definition) is 3. The Morgan fingerprint density at radius 3 is 2.62 bits per heavy atom. The van der Waals surface area contributed by atoms with E-state index in [9.17, 15) is 4.79 Å². The summed E-state index contributed by atoms with van der Waals surface area (Å²) >= 11 is 4.99. The predicted molar refractivity (Wildman–Crippen MR) is 67.0 cm³/mol. The fourth-order valence-corrected chi connectivity index (χ4v) is 1.97. The minimum absolute atomic E-state index is 0.208. The summed E-state index contributed by atoms with van der Waals surface area (Å²) < 4.78 is 0. The highest BCUT2D eigenvalue weighted by Gasteiger charge is 2.38. The van der Waals surface area contributed by atoms with Crippen LogP contribution in [-0.4, -0.2) is 20.9 Å². The molecule has 1 aromatic heterocycles. The molecule has 0 aliphatic rings. The van der Waals surface area contributed by atoms with Gasteiger partial charge >= 0.3 is 0 Å². The predicted octanol–water partition coefficient (Wildman–Crippen LogP) is 1.44. The van der Waals surface area contributed by atoms with Crippen LogP contribution in [0.25, 0.3) is 0 Å². The van der Waals surface area contributed by atoms with E-state index in [1.54, 1.807) is 12.4 Å². The molecule has 0 atom stereocenters. The third-order valence-corrected chi connectivity index (χ3v) is 3.23. The zero-order valence-corrected chi connectivity index (χ0v) is 10.2. The zero-order valence-electron chi connectivity index (χ0n) is 9.41. The van der Waals surface area contributed by atoms with Gasteiger partial charge in [-0.15, -0.1) is 0 Å². The molecule has 88 valence electrons. The number of carbonyl (C=O) groups is 1. The van der Waals surface area contributed by atoms with Crippen molar-refractivity contribution in [3.63, 3.8) is 0 Å². The maximum atomic E-state index is 12.1. The molecule has 1 amide bonds. The summed E-state index contributed by atoms with van der Waals surface area (Å²) in [7, 11) is 0. The molecule has 1 aromatic rings. The van der Waals surface area contributed by atoms with Gasteiger partial charge in [-0.05, 0) is 12.8 Å². The summed E-state index contributed by atoms with van der Waals surface area (Å²) in [4.78, 5) is 19.0. The minimum Gasteiger partial charge on any atom is -0.392 e. The monoisotopic (exact) mass is 240 g/mol. The van der Waals surface area contributed by atoms with Gasteiger partial charge in [0.2, 0.25) is 11.9 Å². The van der Waals surface area contributed by atoms with Crippen LogP contribution in [0, 0.1) is 5.41 Å². The molecule has 6 heteroatoms. The minimum atomic E-state index is -0.790. The Balaban J connectivity index is 2.88. The third kappa shape index (κ3) is 2.21. The summed E-state index contributed by atoms with van der Waals surface area (Å²) in [6.07, 6.45) is 4.35. The Bertz CT molecular complexity index is 370. The smallest absolute Gasteiger partial charge is 0.239 e. The largest absolute Gasteiger partial charge is 0.392 e. The van der Waals surface area contributed by atoms with E-state index in [4.69, 9.17) is 18.0 Å². The summed E-state index contributed by atoms with van der Waals surface area (Å²) in [6.45, 7) is 3.79. The number of aromatic nitrogens is 2. The van der Waals surface area contributed by atoms with Gasteiger partial charge < -0.3 is 10.7 Å². The fourth-order valence-electron chi connectivity index (χ4n) is 1.59. The Labute approximate surface area is 99.8 Å². The molecular formula is C10H16N4OS. The van der Waals surface area contributed by atoms with E-state index < -0.39 is 5.41 Å². The average molecular weight is 240 g/mol. The molecule has 0 aliphatic carbocycles. The van der Waals surface area contributed by atoms with Gasteiger partial charge in [0.15, 0.2) is 0 Å². The second-order valence-electron chi connectivity index (χ2n) is 3.55. The van der Waals surface area contributed by atoms with Crippen molar-refractivity contribution in [2.24, 2.45) is 11.1 Å².